The van der Waals surface area contributed by atoms with Crippen molar-refractivity contribution in [3.8, 4) is 11.5 Å². The number of benzene rings is 2. The molecule has 5 nitrogen and oxygen atoms in total. The lowest BCUT2D eigenvalue weighted by Crippen LogP contribution is -2.36. The van der Waals surface area contributed by atoms with Crippen LogP contribution in [0.5, 0.6) is 11.5 Å². The Labute approximate surface area is 163 Å². The Balaban J connectivity index is 1.90. The summed E-state index contributed by atoms with van der Waals surface area (Å²) in [5.74, 6) is 1.48. The van der Waals surface area contributed by atoms with Gasteiger partial charge in [0.2, 0.25) is 5.91 Å². The summed E-state index contributed by atoms with van der Waals surface area (Å²) in [7, 11) is 3.26. The van der Waals surface area contributed by atoms with Gasteiger partial charge in [-0.3, -0.25) is 4.79 Å². The number of rotatable bonds is 8. The van der Waals surface area contributed by atoms with Crippen molar-refractivity contribution in [1.29, 1.82) is 0 Å². The number of hydrogen-bond acceptors (Lipinski definition) is 4. The average Bonchev–Trinajstić information content (AvgIpc) is 2.65. The van der Waals surface area contributed by atoms with Crippen LogP contribution in [0.2, 0.25) is 0 Å². The van der Waals surface area contributed by atoms with Gasteiger partial charge in [0.15, 0.2) is 0 Å². The van der Waals surface area contributed by atoms with E-state index in [4.69, 9.17) is 9.47 Å². The number of ether oxygens (including phenoxy) is 2. The molecule has 1 amide bonds. The fourth-order valence-corrected chi connectivity index (χ4v) is 3.27. The molecule has 0 bridgehead atoms. The Hall–Kier alpha value is -2.05. The largest absolute Gasteiger partial charge is 0.496 e. The van der Waals surface area contributed by atoms with Crippen molar-refractivity contribution in [3.05, 3.63) is 58.1 Å². The minimum Gasteiger partial charge on any atom is -0.496 e. The molecule has 0 aliphatic carbocycles. The van der Waals surface area contributed by atoms with Crippen LogP contribution >= 0.6 is 15.9 Å². The van der Waals surface area contributed by atoms with Gasteiger partial charge in [0.25, 0.3) is 0 Å². The zero-order valence-electron chi connectivity index (χ0n) is 15.5. The van der Waals surface area contributed by atoms with Gasteiger partial charge in [-0.05, 0) is 53.5 Å². The fraction of sp³-hybridized carbons (Fsp3) is 0.350. The van der Waals surface area contributed by atoms with E-state index in [0.29, 0.717) is 0 Å². The van der Waals surface area contributed by atoms with E-state index in [1.807, 2.05) is 56.3 Å². The van der Waals surface area contributed by atoms with Crippen LogP contribution in [-0.4, -0.2) is 26.7 Å². The summed E-state index contributed by atoms with van der Waals surface area (Å²) < 4.78 is 11.5. The molecule has 2 rings (SSSR count). The Kier molecular flexibility index (Phi) is 7.48. The summed E-state index contributed by atoms with van der Waals surface area (Å²) in [6, 6.07) is 13.5. The molecule has 0 heterocycles. The molecule has 0 spiro atoms. The van der Waals surface area contributed by atoms with Gasteiger partial charge >= 0.3 is 0 Å². The van der Waals surface area contributed by atoms with E-state index in [1.165, 1.54) is 0 Å². The first kappa shape index (κ1) is 20.3. The number of amides is 1. The number of methoxy groups -OCH3 is 2. The summed E-state index contributed by atoms with van der Waals surface area (Å²) in [6.45, 7) is 4.19. The summed E-state index contributed by atoms with van der Waals surface area (Å²) in [5.41, 5.74) is 2.03. The van der Waals surface area contributed by atoms with Crippen LogP contribution in [0.25, 0.3) is 0 Å². The van der Waals surface area contributed by atoms with E-state index in [-0.39, 0.29) is 24.5 Å². The van der Waals surface area contributed by atoms with Crippen LogP contribution in [0.1, 0.15) is 37.1 Å². The second-order valence-electron chi connectivity index (χ2n) is 6.03. The highest BCUT2D eigenvalue weighted by Crippen LogP contribution is 2.28. The summed E-state index contributed by atoms with van der Waals surface area (Å²) in [4.78, 5) is 12.3. The summed E-state index contributed by atoms with van der Waals surface area (Å²) in [6.07, 6.45) is 0. The second kappa shape index (κ2) is 9.59. The number of para-hydroxylation sites is 1. The molecule has 2 unspecified atom stereocenters. The Morgan fingerprint density at radius 1 is 1.04 bits per heavy atom. The molecule has 2 atom stereocenters. The average molecular weight is 421 g/mol. The molecule has 2 N–H and O–H groups in total. The van der Waals surface area contributed by atoms with Gasteiger partial charge in [0.1, 0.15) is 11.5 Å². The van der Waals surface area contributed by atoms with Crippen molar-refractivity contribution in [2.24, 2.45) is 0 Å². The molecule has 0 aromatic heterocycles. The number of nitrogens with one attached hydrogen (secondary N) is 2. The molecule has 26 heavy (non-hydrogen) atoms. The van der Waals surface area contributed by atoms with Crippen LogP contribution in [-0.2, 0) is 4.79 Å². The lowest BCUT2D eigenvalue weighted by atomic mass is 10.1. The number of carbonyl (C=O) groups is 1. The molecule has 2 aromatic rings. The van der Waals surface area contributed by atoms with Gasteiger partial charge < -0.3 is 20.1 Å². The van der Waals surface area contributed by atoms with Gasteiger partial charge in [-0.1, -0.05) is 24.3 Å². The molecule has 6 heteroatoms. The van der Waals surface area contributed by atoms with E-state index in [0.717, 1.165) is 27.1 Å². The van der Waals surface area contributed by atoms with Crippen molar-refractivity contribution in [3.63, 3.8) is 0 Å². The second-order valence-corrected chi connectivity index (χ2v) is 6.88. The van der Waals surface area contributed by atoms with E-state index >= 15 is 0 Å². The van der Waals surface area contributed by atoms with Gasteiger partial charge in [-0.2, -0.15) is 0 Å². The maximum atomic E-state index is 12.3. The van der Waals surface area contributed by atoms with Crippen LogP contribution < -0.4 is 20.1 Å². The molecule has 0 aliphatic heterocycles. The smallest absolute Gasteiger partial charge is 0.234 e. The highest BCUT2D eigenvalue weighted by atomic mass is 79.9. The third-order valence-electron chi connectivity index (χ3n) is 4.23. The maximum absolute atomic E-state index is 12.3. The highest BCUT2D eigenvalue weighted by Gasteiger charge is 2.15. The topological polar surface area (TPSA) is 59.6 Å². The van der Waals surface area contributed by atoms with E-state index < -0.39 is 0 Å². The molecule has 2 aromatic carbocycles. The minimum absolute atomic E-state index is 0.0320. The monoisotopic (exact) mass is 420 g/mol. The Morgan fingerprint density at radius 3 is 2.38 bits per heavy atom. The van der Waals surface area contributed by atoms with Crippen molar-refractivity contribution < 1.29 is 14.3 Å². The zero-order chi connectivity index (χ0) is 19.1. The van der Waals surface area contributed by atoms with Crippen LogP contribution in [0, 0.1) is 0 Å². The Morgan fingerprint density at radius 2 is 1.73 bits per heavy atom. The van der Waals surface area contributed by atoms with Crippen molar-refractivity contribution in [2.45, 2.75) is 25.9 Å². The maximum Gasteiger partial charge on any atom is 0.234 e. The normalized spacial score (nSPS) is 13.0. The van der Waals surface area contributed by atoms with Crippen LogP contribution in [0.3, 0.4) is 0 Å². The van der Waals surface area contributed by atoms with Crippen molar-refractivity contribution in [1.82, 2.24) is 10.6 Å². The SMILES string of the molecule is COc1ccc(C(C)NCC(=O)NC(C)c2ccccc2OC)cc1Br. The first-order valence-corrected chi connectivity index (χ1v) is 9.24. The quantitative estimate of drug-likeness (QED) is 0.677. The molecule has 0 radical (unpaired) electrons. The van der Waals surface area contributed by atoms with Crippen molar-refractivity contribution >= 4 is 21.8 Å². The molecule has 140 valence electrons. The predicted molar refractivity (Wildman–Crippen MR) is 107 cm³/mol. The standard InChI is InChI=1S/C20H25BrN2O3/c1-13(15-9-10-19(26-4)17(21)11-15)22-12-20(24)23-14(2)16-7-5-6-8-18(16)25-3/h5-11,13-14,22H,12H2,1-4H3,(H,23,24). The number of halogens is 1. The third kappa shape index (κ3) is 5.22. The number of hydrogen-bond donors (Lipinski definition) is 2. The highest BCUT2D eigenvalue weighted by molar-refractivity contribution is 9.10. The van der Waals surface area contributed by atoms with Gasteiger partial charge in [0, 0.05) is 11.6 Å². The minimum atomic E-state index is -0.133. The molecule has 0 saturated heterocycles. The van der Waals surface area contributed by atoms with Gasteiger partial charge in [-0.15, -0.1) is 0 Å². The molecular formula is C20H25BrN2O3. The Bertz CT molecular complexity index is 752. The summed E-state index contributed by atoms with van der Waals surface area (Å²) >= 11 is 3.48. The van der Waals surface area contributed by atoms with E-state index in [1.54, 1.807) is 14.2 Å². The van der Waals surface area contributed by atoms with Gasteiger partial charge in [0.05, 0.1) is 31.3 Å². The molecule has 0 fully saturated rings. The molecular weight excluding hydrogens is 396 g/mol. The zero-order valence-corrected chi connectivity index (χ0v) is 17.1. The van der Waals surface area contributed by atoms with Crippen LogP contribution in [0.4, 0.5) is 0 Å². The lowest BCUT2D eigenvalue weighted by molar-refractivity contribution is -0.121. The first-order chi connectivity index (χ1) is 12.5. The molecule has 0 aliphatic rings. The first-order valence-electron chi connectivity index (χ1n) is 8.45. The van der Waals surface area contributed by atoms with E-state index in [9.17, 15) is 4.79 Å². The predicted octanol–water partition coefficient (Wildman–Crippen LogP) is 3.99. The van der Waals surface area contributed by atoms with Crippen molar-refractivity contribution in [2.75, 3.05) is 20.8 Å². The third-order valence-corrected chi connectivity index (χ3v) is 4.85. The summed E-state index contributed by atoms with van der Waals surface area (Å²) in [5, 5.41) is 6.24. The van der Waals surface area contributed by atoms with Gasteiger partial charge in [-0.25, -0.2) is 0 Å². The lowest BCUT2D eigenvalue weighted by Gasteiger charge is -2.19. The number of carbonyl (C=O) groups excluding carboxylic acids is 1. The fourth-order valence-electron chi connectivity index (χ4n) is 2.71. The van der Waals surface area contributed by atoms with E-state index in [2.05, 4.69) is 26.6 Å². The molecule has 0 saturated carbocycles. The van der Waals surface area contributed by atoms with Crippen LogP contribution in [0.15, 0.2) is 46.9 Å².